The largest absolute Gasteiger partial charge is 0.480 e. The molecule has 1 N–H and O–H groups in total. The summed E-state index contributed by atoms with van der Waals surface area (Å²) >= 11 is 0. The van der Waals surface area contributed by atoms with E-state index in [0.29, 0.717) is 24.5 Å². The molecule has 0 fully saturated rings. The average molecular weight is 282 g/mol. The number of rotatable bonds is 5. The standard InChI is InChI=1S/C13H12F2N2O3/c1-2-17-4-3-16-11(17)7-20-12-9(14)5-8(13(18)19)6-10(12)15/h3-6H,2,7H2,1H3,(H,18,19). The number of imidazole rings is 1. The second-order valence-corrected chi connectivity index (χ2v) is 3.99. The Balaban J connectivity index is 2.20. The Bertz CT molecular complexity index is 617. The topological polar surface area (TPSA) is 64.4 Å². The highest BCUT2D eigenvalue weighted by atomic mass is 19.1. The molecule has 0 unspecified atom stereocenters. The molecule has 0 saturated heterocycles. The first kappa shape index (κ1) is 14.0. The second kappa shape index (κ2) is 5.68. The van der Waals surface area contributed by atoms with Crippen molar-refractivity contribution >= 4 is 5.97 Å². The monoisotopic (exact) mass is 282 g/mol. The highest BCUT2D eigenvalue weighted by Gasteiger charge is 2.16. The van der Waals surface area contributed by atoms with Crippen molar-refractivity contribution in [2.75, 3.05) is 0 Å². The quantitative estimate of drug-likeness (QED) is 0.915. The van der Waals surface area contributed by atoms with Gasteiger partial charge >= 0.3 is 5.97 Å². The lowest BCUT2D eigenvalue weighted by molar-refractivity contribution is 0.0695. The molecule has 2 rings (SSSR count). The van der Waals surface area contributed by atoms with Crippen LogP contribution in [0.1, 0.15) is 23.1 Å². The number of aromatic nitrogens is 2. The van der Waals surface area contributed by atoms with Gasteiger partial charge in [0.2, 0.25) is 0 Å². The molecule has 106 valence electrons. The number of carbonyl (C=O) groups is 1. The maximum absolute atomic E-state index is 13.6. The summed E-state index contributed by atoms with van der Waals surface area (Å²) in [6, 6.07) is 1.43. The van der Waals surface area contributed by atoms with Gasteiger partial charge in [0.05, 0.1) is 5.56 Å². The van der Waals surface area contributed by atoms with Gasteiger partial charge in [-0.2, -0.15) is 0 Å². The molecule has 0 atom stereocenters. The van der Waals surface area contributed by atoms with E-state index in [-0.39, 0.29) is 6.61 Å². The molecular formula is C13H12F2N2O3. The van der Waals surface area contributed by atoms with Crippen LogP contribution < -0.4 is 4.74 Å². The van der Waals surface area contributed by atoms with E-state index >= 15 is 0 Å². The molecule has 0 bridgehead atoms. The number of hydrogen-bond acceptors (Lipinski definition) is 3. The lowest BCUT2D eigenvalue weighted by Gasteiger charge is -2.10. The van der Waals surface area contributed by atoms with Crippen LogP contribution in [0.3, 0.4) is 0 Å². The average Bonchev–Trinajstić information content (AvgIpc) is 2.84. The summed E-state index contributed by atoms with van der Waals surface area (Å²) in [5.74, 6) is -3.61. The van der Waals surface area contributed by atoms with Gasteiger partial charge in [-0.15, -0.1) is 0 Å². The Labute approximate surface area is 113 Å². The van der Waals surface area contributed by atoms with Gasteiger partial charge in [-0.25, -0.2) is 18.6 Å². The Hall–Kier alpha value is -2.44. The van der Waals surface area contributed by atoms with Crippen molar-refractivity contribution in [1.82, 2.24) is 9.55 Å². The Morgan fingerprint density at radius 2 is 2.05 bits per heavy atom. The number of ether oxygens (including phenoxy) is 1. The molecule has 2 aromatic rings. The van der Waals surface area contributed by atoms with E-state index < -0.39 is 28.9 Å². The number of carboxylic acid groups (broad SMARTS) is 1. The third-order valence-corrected chi connectivity index (χ3v) is 2.73. The van der Waals surface area contributed by atoms with Crippen LogP contribution in [0.4, 0.5) is 8.78 Å². The highest BCUT2D eigenvalue weighted by molar-refractivity contribution is 5.87. The highest BCUT2D eigenvalue weighted by Crippen LogP contribution is 2.24. The van der Waals surface area contributed by atoms with Crippen LogP contribution in [0.2, 0.25) is 0 Å². The van der Waals surface area contributed by atoms with Crippen LogP contribution in [0, 0.1) is 11.6 Å². The van der Waals surface area contributed by atoms with Gasteiger partial charge in [0, 0.05) is 18.9 Å². The van der Waals surface area contributed by atoms with Crippen molar-refractivity contribution in [2.45, 2.75) is 20.1 Å². The molecule has 0 aliphatic carbocycles. The third-order valence-electron chi connectivity index (χ3n) is 2.73. The van der Waals surface area contributed by atoms with Gasteiger partial charge in [-0.3, -0.25) is 0 Å². The molecule has 1 heterocycles. The van der Waals surface area contributed by atoms with Crippen molar-refractivity contribution in [1.29, 1.82) is 0 Å². The summed E-state index contributed by atoms with van der Waals surface area (Å²) < 4.78 is 34.1. The van der Waals surface area contributed by atoms with Crippen LogP contribution >= 0.6 is 0 Å². The predicted octanol–water partition coefficient (Wildman–Crippen LogP) is 2.46. The summed E-state index contributed by atoms with van der Waals surface area (Å²) in [6.07, 6.45) is 3.28. The minimum atomic E-state index is -1.41. The van der Waals surface area contributed by atoms with Gasteiger partial charge in [0.25, 0.3) is 0 Å². The first-order valence-electron chi connectivity index (χ1n) is 5.88. The predicted molar refractivity (Wildman–Crippen MR) is 65.6 cm³/mol. The molecule has 5 nitrogen and oxygen atoms in total. The van der Waals surface area contributed by atoms with E-state index in [2.05, 4.69) is 4.98 Å². The molecular weight excluding hydrogens is 270 g/mol. The number of aromatic carboxylic acids is 1. The van der Waals surface area contributed by atoms with E-state index in [4.69, 9.17) is 9.84 Å². The van der Waals surface area contributed by atoms with Gasteiger partial charge in [0.15, 0.2) is 17.4 Å². The van der Waals surface area contributed by atoms with Crippen LogP contribution in [0.25, 0.3) is 0 Å². The van der Waals surface area contributed by atoms with E-state index in [0.717, 1.165) is 0 Å². The van der Waals surface area contributed by atoms with Crippen LogP contribution in [-0.2, 0) is 13.2 Å². The zero-order valence-electron chi connectivity index (χ0n) is 10.6. The van der Waals surface area contributed by atoms with Crippen LogP contribution in [0.5, 0.6) is 5.75 Å². The SMILES string of the molecule is CCn1ccnc1COc1c(F)cc(C(=O)O)cc1F. The minimum absolute atomic E-state index is 0.110. The zero-order valence-corrected chi connectivity index (χ0v) is 10.6. The number of carboxylic acids is 1. The summed E-state index contributed by atoms with van der Waals surface area (Å²) in [4.78, 5) is 14.7. The first-order chi connectivity index (χ1) is 9.52. The summed E-state index contributed by atoms with van der Waals surface area (Å²) in [5.41, 5.74) is -0.470. The molecule has 1 aromatic carbocycles. The molecule has 1 aromatic heterocycles. The normalized spacial score (nSPS) is 10.6. The lowest BCUT2D eigenvalue weighted by Crippen LogP contribution is -2.08. The Kier molecular flexibility index (Phi) is 3.97. The van der Waals surface area contributed by atoms with Crippen LogP contribution in [0.15, 0.2) is 24.5 Å². The molecule has 0 spiro atoms. The molecule has 0 radical (unpaired) electrons. The fourth-order valence-electron chi connectivity index (χ4n) is 1.73. The van der Waals surface area contributed by atoms with Crippen molar-refractivity contribution in [3.63, 3.8) is 0 Å². The molecule has 0 aliphatic heterocycles. The summed E-state index contributed by atoms with van der Waals surface area (Å²) in [5, 5.41) is 8.69. The molecule has 20 heavy (non-hydrogen) atoms. The maximum Gasteiger partial charge on any atom is 0.335 e. The summed E-state index contributed by atoms with van der Waals surface area (Å²) in [6.45, 7) is 2.44. The number of benzene rings is 1. The van der Waals surface area contributed by atoms with Crippen LogP contribution in [-0.4, -0.2) is 20.6 Å². The van der Waals surface area contributed by atoms with Crippen molar-refractivity contribution in [3.05, 3.63) is 47.5 Å². The van der Waals surface area contributed by atoms with E-state index in [1.165, 1.54) is 0 Å². The fraction of sp³-hybridized carbons (Fsp3) is 0.231. The van der Waals surface area contributed by atoms with E-state index in [1.54, 1.807) is 17.0 Å². The van der Waals surface area contributed by atoms with Crippen molar-refractivity contribution in [2.24, 2.45) is 0 Å². The zero-order chi connectivity index (χ0) is 14.7. The van der Waals surface area contributed by atoms with Gasteiger partial charge in [-0.05, 0) is 19.1 Å². The number of halogens is 2. The molecule has 0 aliphatic rings. The van der Waals surface area contributed by atoms with Crippen molar-refractivity contribution in [3.8, 4) is 5.75 Å². The first-order valence-corrected chi connectivity index (χ1v) is 5.88. The molecule has 0 amide bonds. The third kappa shape index (κ3) is 2.76. The van der Waals surface area contributed by atoms with Gasteiger partial charge < -0.3 is 14.4 Å². The maximum atomic E-state index is 13.6. The lowest BCUT2D eigenvalue weighted by atomic mass is 10.2. The van der Waals surface area contributed by atoms with Gasteiger partial charge in [-0.1, -0.05) is 0 Å². The Morgan fingerprint density at radius 3 is 2.60 bits per heavy atom. The fourth-order valence-corrected chi connectivity index (χ4v) is 1.73. The number of aryl methyl sites for hydroxylation is 1. The van der Waals surface area contributed by atoms with Gasteiger partial charge in [0.1, 0.15) is 12.4 Å². The second-order valence-electron chi connectivity index (χ2n) is 3.99. The minimum Gasteiger partial charge on any atom is -0.480 e. The van der Waals surface area contributed by atoms with Crippen molar-refractivity contribution < 1.29 is 23.4 Å². The molecule has 7 heteroatoms. The smallest absolute Gasteiger partial charge is 0.335 e. The Morgan fingerprint density at radius 1 is 1.40 bits per heavy atom. The summed E-state index contributed by atoms with van der Waals surface area (Å²) in [7, 11) is 0. The number of nitrogens with zero attached hydrogens (tertiary/aromatic N) is 2. The van der Waals surface area contributed by atoms with E-state index in [9.17, 15) is 13.6 Å². The molecule has 0 saturated carbocycles. The number of hydrogen-bond donors (Lipinski definition) is 1. The van der Waals surface area contributed by atoms with E-state index in [1.807, 2.05) is 6.92 Å².